The summed E-state index contributed by atoms with van der Waals surface area (Å²) in [7, 11) is 0. The van der Waals surface area contributed by atoms with Crippen molar-refractivity contribution in [1.29, 1.82) is 0 Å². The third-order valence-corrected chi connectivity index (χ3v) is 5.35. The summed E-state index contributed by atoms with van der Waals surface area (Å²) in [6, 6.07) is 3.09. The van der Waals surface area contributed by atoms with E-state index in [-0.39, 0.29) is 25.1 Å². The molecule has 0 atom stereocenters. The van der Waals surface area contributed by atoms with Crippen molar-refractivity contribution in [3.63, 3.8) is 0 Å². The molecule has 0 aromatic carbocycles. The number of carbonyl (C=O) groups is 3. The third kappa shape index (κ3) is 4.26. The van der Waals surface area contributed by atoms with Gasteiger partial charge in [0.2, 0.25) is 11.8 Å². The predicted octanol–water partition coefficient (Wildman–Crippen LogP) is 1.99. The topological polar surface area (TPSA) is 101 Å². The van der Waals surface area contributed by atoms with E-state index in [4.69, 9.17) is 4.74 Å². The summed E-state index contributed by atoms with van der Waals surface area (Å²) in [4.78, 5) is 42.7. The van der Waals surface area contributed by atoms with Gasteiger partial charge in [-0.05, 0) is 51.5 Å². The lowest BCUT2D eigenvalue weighted by molar-refractivity contribution is -0.136. The van der Waals surface area contributed by atoms with E-state index in [1.54, 1.807) is 12.3 Å². The lowest BCUT2D eigenvalue weighted by Crippen LogP contribution is -2.49. The molecule has 0 bridgehead atoms. The van der Waals surface area contributed by atoms with Gasteiger partial charge >= 0.3 is 6.03 Å². The SMILES string of the molecule is CC1CCC2(CC1)NC(=O)N(CC(=O)NCc1cccnc1OC(C)C)C2=O. The number of hydrogen-bond donors (Lipinski definition) is 2. The molecule has 2 fully saturated rings. The first-order chi connectivity index (χ1) is 13.3. The number of ether oxygens (including phenoxy) is 1. The number of urea groups is 1. The highest BCUT2D eigenvalue weighted by Gasteiger charge is 2.52. The number of pyridine rings is 1. The zero-order valence-electron chi connectivity index (χ0n) is 16.7. The predicted molar refractivity (Wildman–Crippen MR) is 102 cm³/mol. The molecule has 1 aromatic rings. The van der Waals surface area contributed by atoms with Crippen LogP contribution < -0.4 is 15.4 Å². The van der Waals surface area contributed by atoms with Crippen LogP contribution >= 0.6 is 0 Å². The summed E-state index contributed by atoms with van der Waals surface area (Å²) in [5, 5.41) is 5.57. The molecule has 8 nitrogen and oxygen atoms in total. The molecule has 4 amide bonds. The zero-order chi connectivity index (χ0) is 20.3. The maximum atomic E-state index is 12.8. The average Bonchev–Trinajstić information content (AvgIpc) is 2.87. The number of carbonyl (C=O) groups excluding carboxylic acids is 3. The highest BCUT2D eigenvalue weighted by Crippen LogP contribution is 2.36. The number of aromatic nitrogens is 1. The van der Waals surface area contributed by atoms with E-state index in [1.165, 1.54) is 0 Å². The van der Waals surface area contributed by atoms with Crippen LogP contribution in [-0.4, -0.2) is 45.9 Å². The fourth-order valence-electron chi connectivity index (χ4n) is 3.69. The van der Waals surface area contributed by atoms with Gasteiger partial charge in [-0.1, -0.05) is 13.0 Å². The summed E-state index contributed by atoms with van der Waals surface area (Å²) < 4.78 is 5.64. The van der Waals surface area contributed by atoms with Gasteiger partial charge < -0.3 is 15.4 Å². The molecular weight excluding hydrogens is 360 g/mol. The molecule has 2 N–H and O–H groups in total. The van der Waals surface area contributed by atoms with Crippen molar-refractivity contribution in [2.24, 2.45) is 5.92 Å². The summed E-state index contributed by atoms with van der Waals surface area (Å²) in [6.07, 6.45) is 4.63. The molecule has 1 spiro atoms. The minimum Gasteiger partial charge on any atom is -0.475 e. The lowest BCUT2D eigenvalue weighted by atomic mass is 9.77. The Balaban J connectivity index is 1.58. The fourth-order valence-corrected chi connectivity index (χ4v) is 3.69. The van der Waals surface area contributed by atoms with Gasteiger partial charge in [0.05, 0.1) is 6.10 Å². The van der Waals surface area contributed by atoms with Gasteiger partial charge in [-0.15, -0.1) is 0 Å². The smallest absolute Gasteiger partial charge is 0.325 e. The zero-order valence-corrected chi connectivity index (χ0v) is 16.7. The summed E-state index contributed by atoms with van der Waals surface area (Å²) in [5.74, 6) is 0.325. The molecule has 8 heteroatoms. The fraction of sp³-hybridized carbons (Fsp3) is 0.600. The van der Waals surface area contributed by atoms with Gasteiger partial charge in [0.15, 0.2) is 0 Å². The van der Waals surface area contributed by atoms with Crippen molar-refractivity contribution in [2.75, 3.05) is 6.54 Å². The summed E-state index contributed by atoms with van der Waals surface area (Å²) >= 11 is 0. The van der Waals surface area contributed by atoms with Crippen LogP contribution in [0.5, 0.6) is 5.88 Å². The average molecular weight is 388 g/mol. The van der Waals surface area contributed by atoms with Gasteiger partial charge in [-0.3, -0.25) is 14.5 Å². The molecule has 1 aliphatic carbocycles. The first kappa shape index (κ1) is 20.1. The molecule has 0 radical (unpaired) electrons. The Morgan fingerprint density at radius 2 is 2.11 bits per heavy atom. The van der Waals surface area contributed by atoms with Crippen LogP contribution in [-0.2, 0) is 16.1 Å². The second-order valence-corrected chi connectivity index (χ2v) is 8.00. The van der Waals surface area contributed by atoms with Gasteiger partial charge in [0, 0.05) is 18.3 Å². The van der Waals surface area contributed by atoms with Crippen molar-refractivity contribution >= 4 is 17.8 Å². The number of nitrogens with one attached hydrogen (secondary N) is 2. The molecule has 28 heavy (non-hydrogen) atoms. The monoisotopic (exact) mass is 388 g/mol. The van der Waals surface area contributed by atoms with Crippen LogP contribution in [0.25, 0.3) is 0 Å². The van der Waals surface area contributed by atoms with Crippen LogP contribution in [0.15, 0.2) is 18.3 Å². The minimum atomic E-state index is -0.828. The number of hydrogen-bond acceptors (Lipinski definition) is 5. The normalized spacial score (nSPS) is 24.6. The van der Waals surface area contributed by atoms with E-state index in [1.807, 2.05) is 19.9 Å². The Kier molecular flexibility index (Phi) is 5.86. The number of nitrogens with zero attached hydrogens (tertiary/aromatic N) is 2. The van der Waals surface area contributed by atoms with Crippen molar-refractivity contribution in [3.05, 3.63) is 23.9 Å². The summed E-state index contributed by atoms with van der Waals surface area (Å²) in [5.41, 5.74) is -0.0922. The summed E-state index contributed by atoms with van der Waals surface area (Å²) in [6.45, 7) is 5.87. The number of amides is 4. The Labute approximate surface area is 165 Å². The van der Waals surface area contributed by atoms with E-state index >= 15 is 0 Å². The molecule has 1 saturated carbocycles. The van der Waals surface area contributed by atoms with Gasteiger partial charge in [-0.25, -0.2) is 9.78 Å². The second-order valence-electron chi connectivity index (χ2n) is 8.00. The molecule has 2 heterocycles. The van der Waals surface area contributed by atoms with Gasteiger partial charge in [0.25, 0.3) is 5.91 Å². The number of imide groups is 1. The third-order valence-electron chi connectivity index (χ3n) is 5.35. The Bertz CT molecular complexity index is 756. The highest BCUT2D eigenvalue weighted by atomic mass is 16.5. The van der Waals surface area contributed by atoms with E-state index in [9.17, 15) is 14.4 Å². The van der Waals surface area contributed by atoms with Crippen LogP contribution in [0, 0.1) is 5.92 Å². The van der Waals surface area contributed by atoms with Gasteiger partial charge in [-0.2, -0.15) is 0 Å². The van der Waals surface area contributed by atoms with Crippen molar-refractivity contribution < 1.29 is 19.1 Å². The molecule has 2 aliphatic rings. The molecule has 152 valence electrons. The van der Waals surface area contributed by atoms with E-state index in [2.05, 4.69) is 22.5 Å². The maximum Gasteiger partial charge on any atom is 0.325 e. The van der Waals surface area contributed by atoms with Crippen molar-refractivity contribution in [1.82, 2.24) is 20.5 Å². The first-order valence-electron chi connectivity index (χ1n) is 9.82. The maximum absolute atomic E-state index is 12.8. The van der Waals surface area contributed by atoms with E-state index in [0.29, 0.717) is 24.6 Å². The largest absolute Gasteiger partial charge is 0.475 e. The molecule has 1 saturated heterocycles. The molecule has 1 aromatic heterocycles. The van der Waals surface area contributed by atoms with Crippen LogP contribution in [0.1, 0.15) is 52.0 Å². The lowest BCUT2D eigenvalue weighted by Gasteiger charge is -2.33. The van der Waals surface area contributed by atoms with Crippen LogP contribution in [0.3, 0.4) is 0 Å². The van der Waals surface area contributed by atoms with Crippen molar-refractivity contribution in [3.8, 4) is 5.88 Å². The molecular formula is C20H28N4O4. The Morgan fingerprint density at radius 3 is 2.79 bits per heavy atom. The van der Waals surface area contributed by atoms with Gasteiger partial charge in [0.1, 0.15) is 12.1 Å². The Hall–Kier alpha value is -2.64. The highest BCUT2D eigenvalue weighted by molar-refractivity contribution is 6.09. The van der Waals surface area contributed by atoms with E-state index < -0.39 is 17.5 Å². The number of rotatable bonds is 6. The van der Waals surface area contributed by atoms with Crippen molar-refractivity contribution in [2.45, 2.75) is 64.6 Å². The quantitative estimate of drug-likeness (QED) is 0.726. The minimum absolute atomic E-state index is 0.0373. The van der Waals surface area contributed by atoms with Crippen LogP contribution in [0.2, 0.25) is 0 Å². The molecule has 0 unspecified atom stereocenters. The molecule has 1 aliphatic heterocycles. The Morgan fingerprint density at radius 1 is 1.39 bits per heavy atom. The van der Waals surface area contributed by atoms with E-state index in [0.717, 1.165) is 23.3 Å². The standard InChI is InChI=1S/C20H28N4O4/c1-13(2)28-17-15(5-4-10-21-17)11-22-16(25)12-24-18(26)20(23-19(24)27)8-6-14(3)7-9-20/h4-5,10,13-14H,6-9,11-12H2,1-3H3,(H,22,25)(H,23,27). The molecule has 3 rings (SSSR count). The first-order valence-corrected chi connectivity index (χ1v) is 9.82. The second kappa shape index (κ2) is 8.16. The van der Waals surface area contributed by atoms with Crippen LogP contribution in [0.4, 0.5) is 4.79 Å².